The number of aromatic nitrogens is 1. The average molecular weight is 363 g/mol. The smallest absolute Gasteiger partial charge is 0.474 e. The molecule has 0 saturated heterocycles. The fraction of sp³-hybridized carbons (Fsp3) is 0.286. The van der Waals surface area contributed by atoms with E-state index in [-0.39, 0.29) is 0 Å². The molecule has 0 spiro atoms. The molecule has 0 N–H and O–H groups in total. The van der Waals surface area contributed by atoms with Crippen molar-refractivity contribution in [2.75, 3.05) is 0 Å². The summed E-state index contributed by atoms with van der Waals surface area (Å²) < 4.78 is 82.6. The lowest BCUT2D eigenvalue weighted by Crippen LogP contribution is -2.25. The van der Waals surface area contributed by atoms with Crippen LogP contribution in [0.2, 0.25) is 0 Å². The number of alkyl halides is 3. The van der Waals surface area contributed by atoms with Gasteiger partial charge in [0.05, 0.1) is 5.52 Å². The van der Waals surface area contributed by atoms with Crippen molar-refractivity contribution >= 4 is 24.3 Å². The van der Waals surface area contributed by atoms with Crippen LogP contribution < -0.4 is 5.43 Å². The monoisotopic (exact) mass is 363 g/mol. The molecule has 11 heteroatoms. The third kappa shape index (κ3) is 3.10. The number of hydrogen-bond donors (Lipinski definition) is 0. The highest BCUT2D eigenvalue weighted by Crippen LogP contribution is 2.42. The second-order valence-electron chi connectivity index (χ2n) is 5.49. The van der Waals surface area contributed by atoms with Gasteiger partial charge in [0, 0.05) is 17.6 Å². The van der Waals surface area contributed by atoms with Gasteiger partial charge in [0.15, 0.2) is 0 Å². The third-order valence-corrected chi connectivity index (χ3v) is 3.78. The lowest BCUT2D eigenvalue weighted by atomic mass is 10.0. The zero-order valence-corrected chi connectivity index (χ0v) is 12.2. The van der Waals surface area contributed by atoms with Crippen LogP contribution in [0.3, 0.4) is 0 Å². The van der Waals surface area contributed by atoms with Crippen molar-refractivity contribution < 1.29 is 35.6 Å². The molecule has 1 aliphatic carbocycles. The van der Waals surface area contributed by atoms with Crippen molar-refractivity contribution in [3.05, 3.63) is 45.5 Å². The molecule has 0 bridgehead atoms. The van der Waals surface area contributed by atoms with Crippen molar-refractivity contribution in [1.29, 1.82) is 0 Å². The number of fused-ring (bicyclic) bond motifs is 1. The average Bonchev–Trinajstić information content (AvgIpc) is 3.29. The summed E-state index contributed by atoms with van der Waals surface area (Å²) in [4.78, 5) is 23.9. The van der Waals surface area contributed by atoms with Gasteiger partial charge in [-0.3, -0.25) is 4.79 Å². The molecule has 25 heavy (non-hydrogen) atoms. The zero-order valence-electron chi connectivity index (χ0n) is 12.2. The molecular formula is C14H8BF6NO3. The first-order valence-electron chi connectivity index (χ1n) is 7.05. The van der Waals surface area contributed by atoms with Crippen LogP contribution in [-0.4, -0.2) is 18.0 Å². The first-order chi connectivity index (χ1) is 11.6. The highest BCUT2D eigenvalue weighted by atomic mass is 19.4. The molecule has 1 aromatic carbocycles. The Morgan fingerprint density at radius 3 is 2.40 bits per heavy atom. The molecule has 1 fully saturated rings. The van der Waals surface area contributed by atoms with Crippen LogP contribution in [0.4, 0.5) is 26.2 Å². The van der Waals surface area contributed by atoms with E-state index in [1.807, 2.05) is 0 Å². The number of benzene rings is 1. The predicted octanol–water partition coefficient (Wildman–Crippen LogP) is 3.58. The fourth-order valence-electron chi connectivity index (χ4n) is 2.63. The number of pyridine rings is 1. The Morgan fingerprint density at radius 2 is 1.88 bits per heavy atom. The zero-order chi connectivity index (χ0) is 18.5. The largest absolute Gasteiger partial charge is 0.798 e. The Balaban J connectivity index is 2.36. The number of carbonyl (C=O) groups is 1. The molecular weight excluding hydrogens is 355 g/mol. The molecule has 1 aromatic heterocycles. The van der Waals surface area contributed by atoms with Gasteiger partial charge in [-0.25, -0.2) is 17.8 Å². The summed E-state index contributed by atoms with van der Waals surface area (Å²) in [5.41, 5.74) is -4.42. The first-order valence-corrected chi connectivity index (χ1v) is 7.05. The van der Waals surface area contributed by atoms with Gasteiger partial charge >= 0.3 is 19.6 Å². The van der Waals surface area contributed by atoms with Gasteiger partial charge in [0.1, 0.15) is 16.9 Å². The lowest BCUT2D eigenvalue weighted by molar-refractivity contribution is -0.138. The van der Waals surface area contributed by atoms with Crippen LogP contribution in [0, 0.1) is 5.82 Å². The van der Waals surface area contributed by atoms with Crippen molar-refractivity contribution in [2.24, 2.45) is 0 Å². The Morgan fingerprint density at radius 1 is 1.24 bits per heavy atom. The minimum Gasteiger partial charge on any atom is -0.474 e. The maximum Gasteiger partial charge on any atom is 0.798 e. The maximum absolute atomic E-state index is 13.8. The van der Waals surface area contributed by atoms with Crippen molar-refractivity contribution in [1.82, 2.24) is 4.57 Å². The van der Waals surface area contributed by atoms with E-state index >= 15 is 0 Å². The normalized spacial score (nSPS) is 14.6. The van der Waals surface area contributed by atoms with Gasteiger partial charge in [-0.05, 0) is 25.0 Å². The Hall–Kier alpha value is -2.46. The van der Waals surface area contributed by atoms with Crippen LogP contribution >= 0.6 is 0 Å². The van der Waals surface area contributed by atoms with E-state index in [0.29, 0.717) is 18.9 Å². The molecule has 1 heterocycles. The molecule has 0 amide bonds. The highest BCUT2D eigenvalue weighted by Gasteiger charge is 2.40. The molecule has 1 aliphatic rings. The molecule has 1 saturated carbocycles. The molecule has 3 rings (SSSR count). The fourth-order valence-corrected chi connectivity index (χ4v) is 2.63. The molecule has 2 aromatic rings. The van der Waals surface area contributed by atoms with Crippen molar-refractivity contribution in [3.63, 3.8) is 0 Å². The lowest BCUT2D eigenvalue weighted by Gasteiger charge is -2.17. The summed E-state index contributed by atoms with van der Waals surface area (Å²) in [6.45, 7) is 0. The molecule has 0 unspecified atom stereocenters. The predicted molar refractivity (Wildman–Crippen MR) is 74.8 cm³/mol. The van der Waals surface area contributed by atoms with Gasteiger partial charge in [0.2, 0.25) is 5.43 Å². The Labute approximate surface area is 136 Å². The third-order valence-electron chi connectivity index (χ3n) is 3.78. The molecule has 0 radical (unpaired) electrons. The summed E-state index contributed by atoms with van der Waals surface area (Å²) in [6.07, 6.45) is -3.48. The quantitative estimate of drug-likeness (QED) is 0.619. The second kappa shape index (κ2) is 5.82. The van der Waals surface area contributed by atoms with Gasteiger partial charge in [0.25, 0.3) is 0 Å². The molecule has 4 nitrogen and oxygen atoms in total. The Kier molecular flexibility index (Phi) is 4.04. The highest BCUT2D eigenvalue weighted by molar-refractivity contribution is 6.38. The molecule has 132 valence electrons. The number of rotatable bonds is 3. The standard InChI is InChI=1S/C14H8BF6NO3/c16-9-4-3-7-11(10(9)14(17,18)19)22(6-1-2-6)5-8(12(7)23)13(24)25-15(20)21/h3-6H,1-2H2. The number of nitrogens with zero attached hydrogens (tertiary/aromatic N) is 1. The number of halogens is 6. The van der Waals surface area contributed by atoms with E-state index in [1.54, 1.807) is 0 Å². The van der Waals surface area contributed by atoms with Crippen LogP contribution in [0.15, 0.2) is 23.1 Å². The van der Waals surface area contributed by atoms with E-state index in [9.17, 15) is 35.8 Å². The summed E-state index contributed by atoms with van der Waals surface area (Å²) in [5.74, 6) is -3.23. The van der Waals surface area contributed by atoms with Crippen LogP contribution in [0.5, 0.6) is 0 Å². The van der Waals surface area contributed by atoms with Crippen molar-refractivity contribution in [3.8, 4) is 0 Å². The van der Waals surface area contributed by atoms with Gasteiger partial charge < -0.3 is 9.22 Å². The number of hydrogen-bond acceptors (Lipinski definition) is 3. The summed E-state index contributed by atoms with van der Waals surface area (Å²) in [5, 5.41) is -0.593. The molecule has 0 aliphatic heterocycles. The van der Waals surface area contributed by atoms with E-state index in [0.717, 1.165) is 16.8 Å². The van der Waals surface area contributed by atoms with Crippen LogP contribution in [-0.2, 0) is 10.8 Å². The SMILES string of the molecule is O=C(OB(F)F)c1cn(C2CC2)c2c(C(F)(F)F)c(F)ccc2c1=O. The van der Waals surface area contributed by atoms with E-state index in [4.69, 9.17) is 0 Å². The van der Waals surface area contributed by atoms with Crippen LogP contribution in [0.1, 0.15) is 34.8 Å². The van der Waals surface area contributed by atoms with Gasteiger partial charge in [-0.15, -0.1) is 0 Å². The van der Waals surface area contributed by atoms with Crippen LogP contribution in [0.25, 0.3) is 10.9 Å². The van der Waals surface area contributed by atoms with Gasteiger partial charge in [-0.2, -0.15) is 13.2 Å². The van der Waals surface area contributed by atoms with E-state index < -0.39 is 58.9 Å². The van der Waals surface area contributed by atoms with E-state index in [2.05, 4.69) is 4.65 Å². The van der Waals surface area contributed by atoms with Gasteiger partial charge in [-0.1, -0.05) is 0 Å². The molecule has 0 atom stereocenters. The number of carbonyl (C=O) groups excluding carboxylic acids is 1. The topological polar surface area (TPSA) is 48.3 Å². The minimum atomic E-state index is -5.09. The summed E-state index contributed by atoms with van der Waals surface area (Å²) >= 11 is 0. The Bertz CT molecular complexity index is 919. The minimum absolute atomic E-state index is 0.440. The van der Waals surface area contributed by atoms with E-state index in [1.165, 1.54) is 0 Å². The summed E-state index contributed by atoms with van der Waals surface area (Å²) in [6, 6.07) is 0.746. The summed E-state index contributed by atoms with van der Waals surface area (Å²) in [7, 11) is -3.49. The van der Waals surface area contributed by atoms with Crippen molar-refractivity contribution in [2.45, 2.75) is 25.1 Å². The first kappa shape index (κ1) is 17.4. The maximum atomic E-state index is 13.8. The second-order valence-corrected chi connectivity index (χ2v) is 5.49.